The number of β-amino-alcohol motifs (C(OH)–C–C–N with tert-alkyl or cyclic N) is 1. The highest BCUT2D eigenvalue weighted by molar-refractivity contribution is 7.99. The number of aliphatic hydroxyl groups excluding tert-OH is 1. The van der Waals surface area contributed by atoms with Gasteiger partial charge >= 0.3 is 0 Å². The fraction of sp³-hybridized carbons (Fsp3) is 0.462. The van der Waals surface area contributed by atoms with E-state index in [0.717, 1.165) is 6.42 Å². The van der Waals surface area contributed by atoms with Crippen molar-refractivity contribution >= 4 is 17.7 Å². The number of nitrogens with zero attached hydrogens (tertiary/aromatic N) is 1. The molecule has 1 aliphatic heterocycles. The van der Waals surface area contributed by atoms with E-state index in [1.54, 1.807) is 17.0 Å². The maximum absolute atomic E-state index is 12.2. The number of rotatable bonds is 3. The second-order valence-electron chi connectivity index (χ2n) is 4.45. The number of alkyl halides is 2. The van der Waals surface area contributed by atoms with Crippen LogP contribution in [0.25, 0.3) is 0 Å². The van der Waals surface area contributed by atoms with Crippen molar-refractivity contribution < 1.29 is 18.7 Å². The summed E-state index contributed by atoms with van der Waals surface area (Å²) >= 11 is 0.457. The SMILES string of the molecule is O=C(c1ccc(SC(F)F)cc1)N1CCCC(O)C1. The Bertz CT molecular complexity index is 439. The molecule has 0 spiro atoms. The molecule has 1 aromatic rings. The Kier molecular flexibility index (Phi) is 4.76. The molecule has 0 aromatic heterocycles. The third-order valence-electron chi connectivity index (χ3n) is 3.01. The Morgan fingerprint density at radius 2 is 2.05 bits per heavy atom. The van der Waals surface area contributed by atoms with Gasteiger partial charge in [0.05, 0.1) is 6.10 Å². The molecule has 104 valence electrons. The summed E-state index contributed by atoms with van der Waals surface area (Å²) in [6, 6.07) is 6.14. The molecule has 6 heteroatoms. The highest BCUT2D eigenvalue weighted by Crippen LogP contribution is 2.25. The predicted octanol–water partition coefficient (Wildman–Crippen LogP) is 2.60. The van der Waals surface area contributed by atoms with Crippen LogP contribution in [0.2, 0.25) is 0 Å². The summed E-state index contributed by atoms with van der Waals surface area (Å²) in [7, 11) is 0. The molecule has 1 fully saturated rings. The number of aliphatic hydroxyl groups is 1. The number of thioether (sulfide) groups is 1. The third kappa shape index (κ3) is 3.91. The fourth-order valence-corrected chi connectivity index (χ4v) is 2.60. The minimum atomic E-state index is -2.46. The molecular formula is C13H15F2NO2S. The first kappa shape index (κ1) is 14.3. The molecule has 0 bridgehead atoms. The molecule has 0 saturated carbocycles. The van der Waals surface area contributed by atoms with Crippen LogP contribution in [0.3, 0.4) is 0 Å². The molecular weight excluding hydrogens is 272 g/mol. The van der Waals surface area contributed by atoms with Crippen LogP contribution in [0.15, 0.2) is 29.2 Å². The Labute approximate surface area is 114 Å². The molecule has 0 radical (unpaired) electrons. The number of hydrogen-bond acceptors (Lipinski definition) is 3. The van der Waals surface area contributed by atoms with Gasteiger partial charge in [0.1, 0.15) is 0 Å². The maximum Gasteiger partial charge on any atom is 0.288 e. The highest BCUT2D eigenvalue weighted by Gasteiger charge is 2.22. The highest BCUT2D eigenvalue weighted by atomic mass is 32.2. The van der Waals surface area contributed by atoms with Gasteiger partial charge in [-0.2, -0.15) is 8.78 Å². The van der Waals surface area contributed by atoms with Gasteiger partial charge in [0, 0.05) is 23.5 Å². The summed E-state index contributed by atoms with van der Waals surface area (Å²) in [5, 5.41) is 9.54. The van der Waals surface area contributed by atoms with Crippen LogP contribution >= 0.6 is 11.8 Å². The van der Waals surface area contributed by atoms with Crippen LogP contribution in [-0.2, 0) is 0 Å². The normalized spacial score (nSPS) is 19.8. The lowest BCUT2D eigenvalue weighted by atomic mass is 10.1. The lowest BCUT2D eigenvalue weighted by Gasteiger charge is -2.30. The second kappa shape index (κ2) is 6.34. The summed E-state index contributed by atoms with van der Waals surface area (Å²) < 4.78 is 24.3. The van der Waals surface area contributed by atoms with Crippen molar-refractivity contribution in [2.45, 2.75) is 29.6 Å². The van der Waals surface area contributed by atoms with Gasteiger partial charge in [0.2, 0.25) is 0 Å². The van der Waals surface area contributed by atoms with Crippen LogP contribution in [0.1, 0.15) is 23.2 Å². The maximum atomic E-state index is 12.2. The van der Waals surface area contributed by atoms with Gasteiger partial charge in [-0.1, -0.05) is 11.8 Å². The number of halogens is 2. The molecule has 3 nitrogen and oxygen atoms in total. The predicted molar refractivity (Wildman–Crippen MR) is 69.4 cm³/mol. The van der Waals surface area contributed by atoms with E-state index >= 15 is 0 Å². The zero-order chi connectivity index (χ0) is 13.8. The Morgan fingerprint density at radius 3 is 2.63 bits per heavy atom. The Balaban J connectivity index is 2.02. The average Bonchev–Trinajstić information content (AvgIpc) is 2.38. The summed E-state index contributed by atoms with van der Waals surface area (Å²) in [4.78, 5) is 14.2. The summed E-state index contributed by atoms with van der Waals surface area (Å²) in [6.45, 7) is 0.968. The van der Waals surface area contributed by atoms with Crippen molar-refractivity contribution in [3.05, 3.63) is 29.8 Å². The molecule has 1 amide bonds. The van der Waals surface area contributed by atoms with Gasteiger partial charge < -0.3 is 10.0 Å². The van der Waals surface area contributed by atoms with E-state index in [9.17, 15) is 18.7 Å². The number of carbonyl (C=O) groups is 1. The summed E-state index contributed by atoms with van der Waals surface area (Å²) in [5.74, 6) is -2.62. The van der Waals surface area contributed by atoms with Crippen molar-refractivity contribution in [1.82, 2.24) is 4.90 Å². The Morgan fingerprint density at radius 1 is 1.37 bits per heavy atom. The molecule has 1 N–H and O–H groups in total. The molecule has 1 saturated heterocycles. The van der Waals surface area contributed by atoms with Crippen LogP contribution in [0.5, 0.6) is 0 Å². The second-order valence-corrected chi connectivity index (χ2v) is 5.51. The zero-order valence-electron chi connectivity index (χ0n) is 10.3. The van der Waals surface area contributed by atoms with Gasteiger partial charge in [-0.3, -0.25) is 4.79 Å². The number of likely N-dealkylation sites (tertiary alicyclic amines) is 1. The number of benzene rings is 1. The molecule has 1 unspecified atom stereocenters. The van der Waals surface area contributed by atoms with Crippen LogP contribution in [-0.4, -0.2) is 40.9 Å². The average molecular weight is 287 g/mol. The third-order valence-corrected chi connectivity index (χ3v) is 3.73. The number of carbonyl (C=O) groups excluding carboxylic acids is 1. The van der Waals surface area contributed by atoms with Crippen molar-refractivity contribution in [3.63, 3.8) is 0 Å². The van der Waals surface area contributed by atoms with Crippen molar-refractivity contribution in [1.29, 1.82) is 0 Å². The van der Waals surface area contributed by atoms with E-state index in [1.165, 1.54) is 12.1 Å². The lowest BCUT2D eigenvalue weighted by Crippen LogP contribution is -2.42. The molecule has 1 atom stereocenters. The van der Waals surface area contributed by atoms with E-state index in [4.69, 9.17) is 0 Å². The minimum absolute atomic E-state index is 0.160. The molecule has 0 aliphatic carbocycles. The largest absolute Gasteiger partial charge is 0.391 e. The van der Waals surface area contributed by atoms with Gasteiger partial charge in [0.15, 0.2) is 0 Å². The first-order valence-electron chi connectivity index (χ1n) is 6.08. The number of hydrogen-bond donors (Lipinski definition) is 1. The van der Waals surface area contributed by atoms with E-state index in [1.807, 2.05) is 0 Å². The van der Waals surface area contributed by atoms with Gasteiger partial charge in [0.25, 0.3) is 11.7 Å². The van der Waals surface area contributed by atoms with E-state index in [0.29, 0.717) is 41.7 Å². The molecule has 19 heavy (non-hydrogen) atoms. The standard InChI is InChI=1S/C13H15F2NO2S/c14-13(15)19-11-5-3-9(4-6-11)12(18)16-7-1-2-10(17)8-16/h3-6,10,13,17H,1-2,7-8H2. The summed E-state index contributed by atoms with van der Waals surface area (Å²) in [6.07, 6.45) is 1.03. The smallest absolute Gasteiger partial charge is 0.288 e. The molecule has 1 heterocycles. The molecule has 2 rings (SSSR count). The van der Waals surface area contributed by atoms with Crippen molar-refractivity contribution in [3.8, 4) is 0 Å². The Hall–Kier alpha value is -1.14. The van der Waals surface area contributed by atoms with Gasteiger partial charge in [-0.05, 0) is 37.1 Å². The zero-order valence-corrected chi connectivity index (χ0v) is 11.1. The molecule has 1 aromatic carbocycles. The number of piperidine rings is 1. The van der Waals surface area contributed by atoms with Crippen LogP contribution in [0.4, 0.5) is 8.78 Å². The van der Waals surface area contributed by atoms with E-state index in [2.05, 4.69) is 0 Å². The minimum Gasteiger partial charge on any atom is -0.391 e. The monoisotopic (exact) mass is 287 g/mol. The lowest BCUT2D eigenvalue weighted by molar-refractivity contribution is 0.0473. The molecule has 1 aliphatic rings. The van der Waals surface area contributed by atoms with Crippen molar-refractivity contribution in [2.24, 2.45) is 0 Å². The van der Waals surface area contributed by atoms with Gasteiger partial charge in [-0.15, -0.1) is 0 Å². The van der Waals surface area contributed by atoms with Crippen molar-refractivity contribution in [2.75, 3.05) is 13.1 Å². The first-order valence-corrected chi connectivity index (χ1v) is 6.96. The van der Waals surface area contributed by atoms with E-state index in [-0.39, 0.29) is 5.91 Å². The van der Waals surface area contributed by atoms with E-state index < -0.39 is 11.9 Å². The van der Waals surface area contributed by atoms with Gasteiger partial charge in [-0.25, -0.2) is 0 Å². The first-order chi connectivity index (χ1) is 9.06. The topological polar surface area (TPSA) is 40.5 Å². The van der Waals surface area contributed by atoms with Crippen LogP contribution in [0, 0.1) is 0 Å². The fourth-order valence-electron chi connectivity index (χ4n) is 2.10. The number of amides is 1. The summed E-state index contributed by atoms with van der Waals surface area (Å²) in [5.41, 5.74) is 0.465. The quantitative estimate of drug-likeness (QED) is 0.869. The van der Waals surface area contributed by atoms with Crippen LogP contribution < -0.4 is 0 Å².